The number of benzene rings is 2. The molecule has 0 saturated carbocycles. The van der Waals surface area contributed by atoms with Crippen LogP contribution in [0.3, 0.4) is 0 Å². The molecule has 6 heteroatoms. The van der Waals surface area contributed by atoms with Gasteiger partial charge in [-0.15, -0.1) is 0 Å². The number of rotatable bonds is 7. The molecule has 27 heavy (non-hydrogen) atoms. The molecule has 2 N–H and O–H groups in total. The molecule has 0 radical (unpaired) electrons. The standard InChI is InChI=1S/C21H24N2O4/c1-14(2)23(12-11-19(24)25)21(27)17-10-9-15(3)18(13-17)22-20(26)16-7-5-4-6-8-16/h4-10,13-14H,11-12H2,1-3H3,(H,22,26)(H,24,25). The topological polar surface area (TPSA) is 86.7 Å². The van der Waals surface area contributed by atoms with Gasteiger partial charge >= 0.3 is 5.97 Å². The second kappa shape index (κ2) is 8.98. The van der Waals surface area contributed by atoms with Crippen LogP contribution in [0, 0.1) is 6.92 Å². The summed E-state index contributed by atoms with van der Waals surface area (Å²) in [6, 6.07) is 13.8. The molecule has 0 aliphatic carbocycles. The highest BCUT2D eigenvalue weighted by Crippen LogP contribution is 2.20. The molecule has 0 aromatic heterocycles. The van der Waals surface area contributed by atoms with Crippen LogP contribution in [0.1, 0.15) is 46.5 Å². The van der Waals surface area contributed by atoms with Crippen LogP contribution >= 0.6 is 0 Å². The van der Waals surface area contributed by atoms with Crippen LogP contribution in [0.5, 0.6) is 0 Å². The molecule has 0 atom stereocenters. The number of nitrogens with one attached hydrogen (secondary N) is 1. The monoisotopic (exact) mass is 368 g/mol. The third-order valence-corrected chi connectivity index (χ3v) is 4.22. The van der Waals surface area contributed by atoms with Gasteiger partial charge in [-0.2, -0.15) is 0 Å². The second-order valence-corrected chi connectivity index (χ2v) is 6.59. The van der Waals surface area contributed by atoms with Crippen LogP contribution in [-0.4, -0.2) is 40.4 Å². The van der Waals surface area contributed by atoms with Gasteiger partial charge in [-0.25, -0.2) is 0 Å². The Balaban J connectivity index is 2.23. The fourth-order valence-electron chi connectivity index (χ4n) is 2.65. The lowest BCUT2D eigenvalue weighted by Crippen LogP contribution is -2.38. The van der Waals surface area contributed by atoms with E-state index in [4.69, 9.17) is 5.11 Å². The van der Waals surface area contributed by atoms with E-state index in [9.17, 15) is 14.4 Å². The van der Waals surface area contributed by atoms with Crippen molar-refractivity contribution in [1.82, 2.24) is 4.90 Å². The van der Waals surface area contributed by atoms with Crippen LogP contribution < -0.4 is 5.32 Å². The number of hydrogen-bond acceptors (Lipinski definition) is 3. The van der Waals surface area contributed by atoms with Gasteiger partial charge in [0.25, 0.3) is 11.8 Å². The van der Waals surface area contributed by atoms with Gasteiger partial charge in [0.05, 0.1) is 6.42 Å². The first kappa shape index (κ1) is 20.2. The zero-order valence-electron chi connectivity index (χ0n) is 15.7. The molecule has 0 unspecified atom stereocenters. The lowest BCUT2D eigenvalue weighted by atomic mass is 10.1. The first-order valence-electron chi connectivity index (χ1n) is 8.79. The molecule has 0 fully saturated rings. The van der Waals surface area contributed by atoms with Crippen molar-refractivity contribution in [1.29, 1.82) is 0 Å². The van der Waals surface area contributed by atoms with Gasteiger partial charge in [-0.3, -0.25) is 14.4 Å². The van der Waals surface area contributed by atoms with Crippen molar-refractivity contribution >= 4 is 23.5 Å². The number of amides is 2. The fraction of sp³-hybridized carbons (Fsp3) is 0.286. The average molecular weight is 368 g/mol. The molecule has 6 nitrogen and oxygen atoms in total. The Hall–Kier alpha value is -3.15. The molecular weight excluding hydrogens is 344 g/mol. The van der Waals surface area contributed by atoms with Crippen molar-refractivity contribution < 1.29 is 19.5 Å². The minimum atomic E-state index is -0.951. The lowest BCUT2D eigenvalue weighted by Gasteiger charge is -2.26. The Bertz CT molecular complexity index is 831. The van der Waals surface area contributed by atoms with Gasteiger partial charge in [0, 0.05) is 29.4 Å². The third kappa shape index (κ3) is 5.41. The van der Waals surface area contributed by atoms with E-state index in [1.807, 2.05) is 26.8 Å². The lowest BCUT2D eigenvalue weighted by molar-refractivity contribution is -0.137. The van der Waals surface area contributed by atoms with Crippen molar-refractivity contribution in [3.05, 3.63) is 65.2 Å². The summed E-state index contributed by atoms with van der Waals surface area (Å²) in [6.45, 7) is 5.66. The summed E-state index contributed by atoms with van der Waals surface area (Å²) in [4.78, 5) is 37.6. The number of carboxylic acids is 1. The van der Waals surface area contributed by atoms with E-state index < -0.39 is 5.97 Å². The van der Waals surface area contributed by atoms with Gasteiger partial charge in [0.2, 0.25) is 0 Å². The van der Waals surface area contributed by atoms with E-state index in [2.05, 4.69) is 5.32 Å². The first-order chi connectivity index (χ1) is 12.8. The number of aliphatic carboxylic acids is 1. The number of carbonyl (C=O) groups excluding carboxylic acids is 2. The molecule has 2 aromatic carbocycles. The average Bonchev–Trinajstić information content (AvgIpc) is 2.63. The molecule has 0 aliphatic heterocycles. The molecule has 2 aromatic rings. The predicted octanol–water partition coefficient (Wildman–Crippen LogP) is 3.57. The molecule has 0 bridgehead atoms. The highest BCUT2D eigenvalue weighted by Gasteiger charge is 2.20. The first-order valence-corrected chi connectivity index (χ1v) is 8.79. The summed E-state index contributed by atoms with van der Waals surface area (Å²) in [7, 11) is 0. The normalized spacial score (nSPS) is 10.5. The summed E-state index contributed by atoms with van der Waals surface area (Å²) < 4.78 is 0. The number of hydrogen-bond donors (Lipinski definition) is 2. The zero-order chi connectivity index (χ0) is 20.0. The van der Waals surface area contributed by atoms with Crippen LogP contribution in [0.4, 0.5) is 5.69 Å². The summed E-state index contributed by atoms with van der Waals surface area (Å²) in [5, 5.41) is 11.7. The van der Waals surface area contributed by atoms with E-state index in [1.54, 1.807) is 42.5 Å². The number of carboxylic acid groups (broad SMARTS) is 1. The van der Waals surface area contributed by atoms with Crippen molar-refractivity contribution in [2.45, 2.75) is 33.2 Å². The minimum Gasteiger partial charge on any atom is -0.481 e. The Morgan fingerprint density at radius 1 is 1.04 bits per heavy atom. The van der Waals surface area contributed by atoms with E-state index in [0.29, 0.717) is 16.8 Å². The van der Waals surface area contributed by atoms with E-state index in [-0.39, 0.29) is 30.8 Å². The quantitative estimate of drug-likeness (QED) is 0.782. The van der Waals surface area contributed by atoms with Crippen LogP contribution in [0.2, 0.25) is 0 Å². The maximum absolute atomic E-state index is 12.8. The molecule has 2 amide bonds. The Labute approximate surface area is 158 Å². The van der Waals surface area contributed by atoms with Gasteiger partial charge in [0.1, 0.15) is 0 Å². The van der Waals surface area contributed by atoms with Gasteiger partial charge < -0.3 is 15.3 Å². The van der Waals surface area contributed by atoms with Crippen molar-refractivity contribution in [3.63, 3.8) is 0 Å². The molecule has 0 heterocycles. The zero-order valence-corrected chi connectivity index (χ0v) is 15.7. The van der Waals surface area contributed by atoms with Crippen LogP contribution in [0.15, 0.2) is 48.5 Å². The van der Waals surface area contributed by atoms with Crippen LogP contribution in [-0.2, 0) is 4.79 Å². The number of aryl methyl sites for hydroxylation is 1. The number of carbonyl (C=O) groups is 3. The Kier molecular flexibility index (Phi) is 6.71. The van der Waals surface area contributed by atoms with E-state index in [1.165, 1.54) is 4.90 Å². The molecular formula is C21H24N2O4. The molecule has 0 saturated heterocycles. The molecule has 2 rings (SSSR count). The van der Waals surface area contributed by atoms with Gasteiger partial charge in [-0.05, 0) is 50.6 Å². The highest BCUT2D eigenvalue weighted by molar-refractivity contribution is 6.05. The van der Waals surface area contributed by atoms with Gasteiger partial charge in [0.15, 0.2) is 0 Å². The predicted molar refractivity (Wildman–Crippen MR) is 104 cm³/mol. The molecule has 0 aliphatic rings. The molecule has 142 valence electrons. The summed E-state index contributed by atoms with van der Waals surface area (Å²) >= 11 is 0. The molecule has 0 spiro atoms. The maximum atomic E-state index is 12.8. The Morgan fingerprint density at radius 3 is 2.30 bits per heavy atom. The van der Waals surface area contributed by atoms with Gasteiger partial charge in [-0.1, -0.05) is 24.3 Å². The smallest absolute Gasteiger partial charge is 0.305 e. The second-order valence-electron chi connectivity index (χ2n) is 6.59. The van der Waals surface area contributed by atoms with E-state index >= 15 is 0 Å². The minimum absolute atomic E-state index is 0.118. The summed E-state index contributed by atoms with van der Waals surface area (Å²) in [5.41, 5.74) is 2.32. The van der Waals surface area contributed by atoms with Crippen LogP contribution in [0.25, 0.3) is 0 Å². The summed E-state index contributed by atoms with van der Waals surface area (Å²) in [5.74, 6) is -1.47. The van der Waals surface area contributed by atoms with Crippen molar-refractivity contribution in [3.8, 4) is 0 Å². The fourth-order valence-corrected chi connectivity index (χ4v) is 2.65. The SMILES string of the molecule is Cc1ccc(C(=O)N(CCC(=O)O)C(C)C)cc1NC(=O)c1ccccc1. The van der Waals surface area contributed by atoms with Crippen molar-refractivity contribution in [2.75, 3.05) is 11.9 Å². The summed E-state index contributed by atoms with van der Waals surface area (Å²) in [6.07, 6.45) is -0.118. The third-order valence-electron chi connectivity index (χ3n) is 4.22. The highest BCUT2D eigenvalue weighted by atomic mass is 16.4. The Morgan fingerprint density at radius 2 is 1.70 bits per heavy atom. The van der Waals surface area contributed by atoms with E-state index in [0.717, 1.165) is 5.56 Å². The van der Waals surface area contributed by atoms with Crippen molar-refractivity contribution in [2.24, 2.45) is 0 Å². The maximum Gasteiger partial charge on any atom is 0.305 e. The largest absolute Gasteiger partial charge is 0.481 e. The number of anilines is 1. The number of nitrogens with zero attached hydrogens (tertiary/aromatic N) is 1.